The fraction of sp³-hybridized carbons (Fsp3) is 0.900. The number of nitrogens with two attached hydrogens (primary N) is 1. The summed E-state index contributed by atoms with van der Waals surface area (Å²) in [5.74, 6) is -0.0558. The van der Waals surface area contributed by atoms with E-state index >= 15 is 0 Å². The van der Waals surface area contributed by atoms with Crippen LogP contribution in [0.3, 0.4) is 0 Å². The highest BCUT2D eigenvalue weighted by Crippen LogP contribution is 2.29. The monoisotopic (exact) mass is 245 g/mol. The van der Waals surface area contributed by atoms with Crippen molar-refractivity contribution in [2.45, 2.75) is 38.2 Å². The Bertz CT molecular complexity index is 272. The molecule has 0 aliphatic heterocycles. The van der Waals surface area contributed by atoms with Crippen LogP contribution in [0.25, 0.3) is 0 Å². The van der Waals surface area contributed by atoms with Gasteiger partial charge in [-0.25, -0.2) is 0 Å². The number of carbonyl (C=O) groups is 1. The fourth-order valence-electron chi connectivity index (χ4n) is 2.22. The van der Waals surface area contributed by atoms with Crippen molar-refractivity contribution in [1.82, 2.24) is 5.32 Å². The maximum Gasteiger partial charge on any atom is 0.294 e. The molecule has 0 aromatic heterocycles. The summed E-state index contributed by atoms with van der Waals surface area (Å²) in [6.45, 7) is 0.470. The molecule has 0 saturated heterocycles. The molecule has 1 amide bonds. The first-order chi connectivity index (χ1) is 8.13. The molecule has 1 aliphatic carbocycles. The minimum atomic E-state index is -0.721. The lowest BCUT2D eigenvalue weighted by Gasteiger charge is -2.29. The molecule has 1 aliphatic rings. The Labute approximate surface area is 99.8 Å². The van der Waals surface area contributed by atoms with Gasteiger partial charge in [-0.15, -0.1) is 10.1 Å². The molecule has 1 fully saturated rings. The third-order valence-electron chi connectivity index (χ3n) is 3.08. The summed E-state index contributed by atoms with van der Waals surface area (Å²) in [6.07, 6.45) is 4.03. The van der Waals surface area contributed by atoms with Gasteiger partial charge in [0.1, 0.15) is 6.10 Å². The molecule has 98 valence electrons. The lowest BCUT2D eigenvalue weighted by molar-refractivity contribution is -0.771. The van der Waals surface area contributed by atoms with Gasteiger partial charge in [-0.2, -0.15) is 0 Å². The van der Waals surface area contributed by atoms with Crippen LogP contribution in [-0.2, 0) is 9.63 Å². The standard InChI is InChI=1S/C10H19N3O4/c11-7-10(14)12-6-5-8-3-1-2-4-9(8)17-13(15)16/h8-9H,1-7,11H2,(H,12,14). The summed E-state index contributed by atoms with van der Waals surface area (Å²) in [4.78, 5) is 25.9. The molecule has 0 aromatic carbocycles. The maximum absolute atomic E-state index is 10.9. The van der Waals surface area contributed by atoms with Gasteiger partial charge in [0.25, 0.3) is 5.09 Å². The minimum absolute atomic E-state index is 0.0283. The van der Waals surface area contributed by atoms with E-state index in [0.717, 1.165) is 25.7 Å². The van der Waals surface area contributed by atoms with Crippen molar-refractivity contribution >= 4 is 5.91 Å². The number of hydrogen-bond donors (Lipinski definition) is 2. The molecule has 7 nitrogen and oxygen atoms in total. The fourth-order valence-corrected chi connectivity index (χ4v) is 2.22. The summed E-state index contributed by atoms with van der Waals surface area (Å²) in [5, 5.41) is 12.3. The van der Waals surface area contributed by atoms with E-state index in [1.165, 1.54) is 0 Å². The Morgan fingerprint density at radius 1 is 1.47 bits per heavy atom. The number of carbonyl (C=O) groups excluding carboxylic acids is 1. The first kappa shape index (κ1) is 13.7. The van der Waals surface area contributed by atoms with Crippen molar-refractivity contribution < 1.29 is 14.7 Å². The number of rotatable bonds is 6. The van der Waals surface area contributed by atoms with Crippen LogP contribution >= 0.6 is 0 Å². The van der Waals surface area contributed by atoms with Gasteiger partial charge in [0.2, 0.25) is 5.91 Å². The van der Waals surface area contributed by atoms with Gasteiger partial charge < -0.3 is 15.9 Å². The number of amides is 1. The van der Waals surface area contributed by atoms with E-state index in [0.29, 0.717) is 13.0 Å². The molecule has 2 atom stereocenters. The van der Waals surface area contributed by atoms with Crippen LogP contribution in [0, 0.1) is 16.0 Å². The first-order valence-electron chi connectivity index (χ1n) is 5.91. The van der Waals surface area contributed by atoms with E-state index in [1.807, 2.05) is 0 Å². The molecule has 2 unspecified atom stereocenters. The van der Waals surface area contributed by atoms with Crippen molar-refractivity contribution in [3.05, 3.63) is 10.1 Å². The summed E-state index contributed by atoms with van der Waals surface area (Å²) >= 11 is 0. The highest BCUT2D eigenvalue weighted by Gasteiger charge is 2.27. The van der Waals surface area contributed by atoms with Crippen LogP contribution in [-0.4, -0.2) is 30.2 Å². The lowest BCUT2D eigenvalue weighted by atomic mass is 9.84. The zero-order chi connectivity index (χ0) is 12.7. The lowest BCUT2D eigenvalue weighted by Crippen LogP contribution is -2.35. The maximum atomic E-state index is 10.9. The summed E-state index contributed by atoms with van der Waals surface area (Å²) in [5.41, 5.74) is 5.16. The van der Waals surface area contributed by atoms with E-state index in [4.69, 9.17) is 5.73 Å². The van der Waals surface area contributed by atoms with Crippen LogP contribution in [0.15, 0.2) is 0 Å². The van der Waals surface area contributed by atoms with Gasteiger partial charge in [0.05, 0.1) is 6.54 Å². The van der Waals surface area contributed by atoms with E-state index in [1.54, 1.807) is 0 Å². The second-order valence-corrected chi connectivity index (χ2v) is 4.25. The van der Waals surface area contributed by atoms with Crippen molar-refractivity contribution in [1.29, 1.82) is 0 Å². The zero-order valence-corrected chi connectivity index (χ0v) is 9.76. The van der Waals surface area contributed by atoms with Gasteiger partial charge >= 0.3 is 0 Å². The number of nitrogens with one attached hydrogen (secondary N) is 1. The largest absolute Gasteiger partial charge is 0.355 e. The molecule has 1 saturated carbocycles. The first-order valence-corrected chi connectivity index (χ1v) is 5.91. The predicted octanol–water partition coefficient (Wildman–Crippen LogP) is 0.218. The van der Waals surface area contributed by atoms with Gasteiger partial charge in [-0.3, -0.25) is 4.79 Å². The molecular formula is C10H19N3O4. The number of hydrogen-bond acceptors (Lipinski definition) is 5. The van der Waals surface area contributed by atoms with Gasteiger partial charge in [0, 0.05) is 6.54 Å². The second kappa shape index (κ2) is 7.05. The van der Waals surface area contributed by atoms with Gasteiger partial charge in [-0.1, -0.05) is 12.8 Å². The average molecular weight is 245 g/mol. The van der Waals surface area contributed by atoms with Crippen LogP contribution in [0.5, 0.6) is 0 Å². The third kappa shape index (κ3) is 4.99. The van der Waals surface area contributed by atoms with Crippen molar-refractivity contribution in [3.63, 3.8) is 0 Å². The van der Waals surface area contributed by atoms with Gasteiger partial charge in [0.15, 0.2) is 0 Å². The quantitative estimate of drug-likeness (QED) is 0.514. The highest BCUT2D eigenvalue weighted by atomic mass is 17.0. The molecular weight excluding hydrogens is 226 g/mol. The van der Waals surface area contributed by atoms with Crippen LogP contribution in [0.1, 0.15) is 32.1 Å². The molecule has 0 aromatic rings. The molecule has 0 heterocycles. The Hall–Kier alpha value is -1.37. The molecule has 0 bridgehead atoms. The topological polar surface area (TPSA) is 107 Å². The van der Waals surface area contributed by atoms with Crippen LogP contribution in [0.2, 0.25) is 0 Å². The van der Waals surface area contributed by atoms with Crippen LogP contribution < -0.4 is 11.1 Å². The van der Waals surface area contributed by atoms with E-state index in [9.17, 15) is 14.9 Å². The SMILES string of the molecule is NCC(=O)NCCC1CCCCC1O[N+](=O)[O-]. The van der Waals surface area contributed by atoms with E-state index in [2.05, 4.69) is 10.2 Å². The Kier molecular flexibility index (Phi) is 5.68. The summed E-state index contributed by atoms with van der Waals surface area (Å²) in [7, 11) is 0. The predicted molar refractivity (Wildman–Crippen MR) is 60.5 cm³/mol. The Balaban J connectivity index is 2.32. The van der Waals surface area contributed by atoms with E-state index < -0.39 is 5.09 Å². The molecule has 17 heavy (non-hydrogen) atoms. The molecule has 0 spiro atoms. The zero-order valence-electron chi connectivity index (χ0n) is 9.76. The molecule has 3 N–H and O–H groups in total. The highest BCUT2D eigenvalue weighted by molar-refractivity contribution is 5.77. The minimum Gasteiger partial charge on any atom is -0.355 e. The molecule has 7 heteroatoms. The Morgan fingerprint density at radius 2 is 2.18 bits per heavy atom. The van der Waals surface area contributed by atoms with E-state index in [-0.39, 0.29) is 24.5 Å². The summed E-state index contributed by atoms with van der Waals surface area (Å²) < 4.78 is 0. The molecule has 0 radical (unpaired) electrons. The van der Waals surface area contributed by atoms with Crippen molar-refractivity contribution in [3.8, 4) is 0 Å². The van der Waals surface area contributed by atoms with Crippen LogP contribution in [0.4, 0.5) is 0 Å². The normalized spacial score (nSPS) is 24.1. The van der Waals surface area contributed by atoms with Crippen molar-refractivity contribution in [2.24, 2.45) is 11.7 Å². The smallest absolute Gasteiger partial charge is 0.294 e. The van der Waals surface area contributed by atoms with Gasteiger partial charge in [-0.05, 0) is 25.2 Å². The van der Waals surface area contributed by atoms with Crippen molar-refractivity contribution in [2.75, 3.05) is 13.1 Å². The third-order valence-corrected chi connectivity index (χ3v) is 3.08. The Morgan fingerprint density at radius 3 is 2.82 bits per heavy atom. The number of nitrogens with zero attached hydrogens (tertiary/aromatic N) is 1. The molecule has 1 rings (SSSR count). The second-order valence-electron chi connectivity index (χ2n) is 4.25. The average Bonchev–Trinajstić information content (AvgIpc) is 2.30. The summed E-state index contributed by atoms with van der Waals surface area (Å²) in [6, 6.07) is 0.